The average molecular weight is 409 g/mol. The smallest absolute Gasteiger partial charge is 0.155 e. The summed E-state index contributed by atoms with van der Waals surface area (Å²) in [7, 11) is -3.09. The Balaban J connectivity index is 1.79. The number of rotatable bonds is 9. The van der Waals surface area contributed by atoms with Crippen LogP contribution in [0.3, 0.4) is 0 Å². The molecule has 0 N–H and O–H groups in total. The Morgan fingerprint density at radius 2 is 1.82 bits per heavy atom. The summed E-state index contributed by atoms with van der Waals surface area (Å²) in [4.78, 5) is 12.6. The zero-order valence-corrected chi connectivity index (χ0v) is 18.7. The van der Waals surface area contributed by atoms with E-state index in [2.05, 4.69) is 6.92 Å². The number of benzene rings is 1. The molecule has 2 rings (SSSR count). The summed E-state index contributed by atoms with van der Waals surface area (Å²) in [5, 5.41) is 0. The van der Waals surface area contributed by atoms with Crippen molar-refractivity contribution in [3.63, 3.8) is 0 Å². The third-order valence-corrected chi connectivity index (χ3v) is 8.50. The van der Waals surface area contributed by atoms with Gasteiger partial charge in [-0.2, -0.15) is 0 Å². The number of ether oxygens (including phenoxy) is 1. The van der Waals surface area contributed by atoms with Crippen molar-refractivity contribution in [3.8, 4) is 5.75 Å². The maximum atomic E-state index is 12.6. The lowest BCUT2D eigenvalue weighted by molar-refractivity contribution is -0.124. The van der Waals surface area contributed by atoms with E-state index in [0.717, 1.165) is 49.8 Å². The summed E-state index contributed by atoms with van der Waals surface area (Å²) in [6.45, 7) is 8.08. The minimum atomic E-state index is -3.09. The van der Waals surface area contributed by atoms with Gasteiger partial charge < -0.3 is 4.74 Å². The molecule has 1 aromatic rings. The lowest BCUT2D eigenvalue weighted by Gasteiger charge is -2.30. The fraction of sp³-hybridized carbons (Fsp3) is 0.696. The Labute approximate surface area is 171 Å². The minimum Gasteiger partial charge on any atom is -0.494 e. The zero-order valence-electron chi connectivity index (χ0n) is 17.9. The van der Waals surface area contributed by atoms with Crippen molar-refractivity contribution in [2.24, 2.45) is 11.8 Å². The molecule has 0 atom stereocenters. The van der Waals surface area contributed by atoms with E-state index in [4.69, 9.17) is 4.74 Å². The van der Waals surface area contributed by atoms with Gasteiger partial charge in [0.15, 0.2) is 9.84 Å². The van der Waals surface area contributed by atoms with Crippen molar-refractivity contribution in [1.29, 1.82) is 0 Å². The van der Waals surface area contributed by atoms with Gasteiger partial charge in [0, 0.05) is 12.3 Å². The zero-order chi connectivity index (χ0) is 20.8. The van der Waals surface area contributed by atoms with Crippen molar-refractivity contribution < 1.29 is 17.9 Å². The second-order valence-corrected chi connectivity index (χ2v) is 11.9. The van der Waals surface area contributed by atoms with Crippen LogP contribution in [0, 0.1) is 11.8 Å². The summed E-state index contributed by atoms with van der Waals surface area (Å²) < 4.78 is 29.8. The number of sulfone groups is 1. The van der Waals surface area contributed by atoms with Crippen LogP contribution in [0.4, 0.5) is 0 Å². The molecule has 1 aliphatic rings. The van der Waals surface area contributed by atoms with E-state index < -0.39 is 14.6 Å². The molecule has 0 saturated heterocycles. The SMILES string of the molecule is CCCOc1cccc(CCC(=O)C2CCC(CS(=O)(=O)C(C)(C)C)CC2)c1. The molecule has 28 heavy (non-hydrogen) atoms. The molecule has 0 amide bonds. The Morgan fingerprint density at radius 3 is 2.43 bits per heavy atom. The molecule has 1 aliphatic carbocycles. The molecular weight excluding hydrogens is 372 g/mol. The summed E-state index contributed by atoms with van der Waals surface area (Å²) in [5.74, 6) is 1.72. The molecule has 1 aromatic carbocycles. The van der Waals surface area contributed by atoms with Gasteiger partial charge >= 0.3 is 0 Å². The molecule has 0 aliphatic heterocycles. The molecule has 0 unspecified atom stereocenters. The van der Waals surface area contributed by atoms with Gasteiger partial charge in [-0.3, -0.25) is 4.79 Å². The number of carbonyl (C=O) groups is 1. The highest BCUT2D eigenvalue weighted by Crippen LogP contribution is 2.33. The van der Waals surface area contributed by atoms with Gasteiger partial charge in [-0.05, 0) is 82.9 Å². The van der Waals surface area contributed by atoms with Crippen LogP contribution < -0.4 is 4.74 Å². The molecule has 4 nitrogen and oxygen atoms in total. The van der Waals surface area contributed by atoms with Gasteiger partial charge in [0.05, 0.1) is 17.1 Å². The van der Waals surface area contributed by atoms with Gasteiger partial charge in [0.1, 0.15) is 11.5 Å². The predicted molar refractivity (Wildman–Crippen MR) is 115 cm³/mol. The first-order chi connectivity index (χ1) is 13.1. The lowest BCUT2D eigenvalue weighted by Crippen LogP contribution is -2.35. The van der Waals surface area contributed by atoms with Crippen molar-refractivity contribution in [3.05, 3.63) is 29.8 Å². The fourth-order valence-corrected chi connectivity index (χ4v) is 5.15. The van der Waals surface area contributed by atoms with Crippen molar-refractivity contribution in [1.82, 2.24) is 0 Å². The van der Waals surface area contributed by atoms with Crippen molar-refractivity contribution >= 4 is 15.6 Å². The van der Waals surface area contributed by atoms with Crippen LogP contribution in [0.1, 0.15) is 71.8 Å². The first kappa shape index (κ1) is 22.9. The van der Waals surface area contributed by atoms with Gasteiger partial charge in [0.2, 0.25) is 0 Å². The summed E-state index contributed by atoms with van der Waals surface area (Å²) in [5.41, 5.74) is 1.13. The molecule has 1 fully saturated rings. The fourth-order valence-electron chi connectivity index (χ4n) is 3.69. The number of Topliss-reactive ketones (excluding diaryl/α,β-unsaturated/α-hetero) is 1. The summed E-state index contributed by atoms with van der Waals surface area (Å²) >= 11 is 0. The van der Waals surface area contributed by atoms with E-state index in [0.29, 0.717) is 18.8 Å². The second-order valence-electron chi connectivity index (χ2n) is 9.07. The van der Waals surface area contributed by atoms with Crippen molar-refractivity contribution in [2.75, 3.05) is 12.4 Å². The number of hydrogen-bond acceptors (Lipinski definition) is 4. The predicted octanol–water partition coefficient (Wildman–Crippen LogP) is 5.00. The van der Waals surface area contributed by atoms with E-state index in [9.17, 15) is 13.2 Å². The third-order valence-electron chi connectivity index (χ3n) is 5.72. The first-order valence-corrected chi connectivity index (χ1v) is 12.2. The topological polar surface area (TPSA) is 60.4 Å². The normalized spacial score (nSPS) is 20.7. The molecule has 0 heterocycles. The highest BCUT2D eigenvalue weighted by Gasteiger charge is 2.34. The average Bonchev–Trinajstić information content (AvgIpc) is 2.64. The Bertz CT molecular complexity index is 738. The number of hydrogen-bond donors (Lipinski definition) is 0. The first-order valence-electron chi connectivity index (χ1n) is 10.6. The highest BCUT2D eigenvalue weighted by molar-refractivity contribution is 7.92. The maximum Gasteiger partial charge on any atom is 0.155 e. The van der Waals surface area contributed by atoms with E-state index in [1.54, 1.807) is 20.8 Å². The standard InChI is InChI=1S/C23H36O4S/c1-5-15-27-21-8-6-7-18(16-21)11-14-22(24)20-12-9-19(10-13-20)17-28(25,26)23(2,3)4/h6-8,16,19-20H,5,9-15,17H2,1-4H3. The maximum absolute atomic E-state index is 12.6. The van der Waals surface area contributed by atoms with E-state index in [-0.39, 0.29) is 17.6 Å². The molecular formula is C23H36O4S. The van der Waals surface area contributed by atoms with E-state index in [1.807, 2.05) is 24.3 Å². The van der Waals surface area contributed by atoms with Crippen LogP contribution in [0.2, 0.25) is 0 Å². The molecule has 1 saturated carbocycles. The van der Waals surface area contributed by atoms with Crippen LogP contribution in [-0.2, 0) is 21.1 Å². The van der Waals surface area contributed by atoms with Crippen LogP contribution in [0.25, 0.3) is 0 Å². The van der Waals surface area contributed by atoms with Crippen molar-refractivity contribution in [2.45, 2.75) is 77.4 Å². The van der Waals surface area contributed by atoms with Crippen LogP contribution in [0.15, 0.2) is 24.3 Å². The van der Waals surface area contributed by atoms with Crippen LogP contribution in [0.5, 0.6) is 5.75 Å². The molecule has 0 bridgehead atoms. The van der Waals surface area contributed by atoms with Gasteiger partial charge in [-0.1, -0.05) is 19.1 Å². The quantitative estimate of drug-likeness (QED) is 0.577. The Morgan fingerprint density at radius 1 is 1.14 bits per heavy atom. The summed E-state index contributed by atoms with van der Waals surface area (Å²) in [6.07, 6.45) is 5.58. The number of aryl methyl sites for hydroxylation is 1. The minimum absolute atomic E-state index is 0.0908. The molecule has 5 heteroatoms. The summed E-state index contributed by atoms with van der Waals surface area (Å²) in [6, 6.07) is 8.00. The van der Waals surface area contributed by atoms with Gasteiger partial charge in [-0.15, -0.1) is 0 Å². The largest absolute Gasteiger partial charge is 0.494 e. The molecule has 0 spiro atoms. The monoisotopic (exact) mass is 408 g/mol. The van der Waals surface area contributed by atoms with E-state index in [1.165, 1.54) is 0 Å². The number of carbonyl (C=O) groups excluding carboxylic acids is 1. The van der Waals surface area contributed by atoms with Crippen LogP contribution in [-0.4, -0.2) is 31.3 Å². The van der Waals surface area contributed by atoms with Gasteiger partial charge in [0.25, 0.3) is 0 Å². The Hall–Kier alpha value is -1.36. The van der Waals surface area contributed by atoms with E-state index >= 15 is 0 Å². The van der Waals surface area contributed by atoms with Gasteiger partial charge in [-0.25, -0.2) is 8.42 Å². The lowest BCUT2D eigenvalue weighted by atomic mass is 9.79. The molecule has 0 radical (unpaired) electrons. The Kier molecular flexibility index (Phi) is 8.11. The molecule has 158 valence electrons. The third kappa shape index (κ3) is 6.61. The molecule has 0 aromatic heterocycles. The highest BCUT2D eigenvalue weighted by atomic mass is 32.2. The van der Waals surface area contributed by atoms with Crippen LogP contribution >= 0.6 is 0 Å². The number of ketones is 1. The second kappa shape index (κ2) is 9.91.